The third-order valence-electron chi connectivity index (χ3n) is 4.80. The molecule has 0 saturated carbocycles. The molecule has 1 fully saturated rings. The molecule has 1 aliphatic heterocycles. The van der Waals surface area contributed by atoms with Crippen LogP contribution in [0.25, 0.3) is 0 Å². The number of aromatic nitrogens is 1. The number of rotatable bonds is 8. The molecule has 26 heavy (non-hydrogen) atoms. The Morgan fingerprint density at radius 3 is 2.88 bits per heavy atom. The predicted molar refractivity (Wildman–Crippen MR) is 104 cm³/mol. The summed E-state index contributed by atoms with van der Waals surface area (Å²) >= 11 is 1.59. The number of amides is 1. The number of thiazole rings is 1. The van der Waals surface area contributed by atoms with Crippen LogP contribution in [0.4, 0.5) is 0 Å². The molecule has 6 heteroatoms. The lowest BCUT2D eigenvalue weighted by Crippen LogP contribution is -2.58. The Morgan fingerprint density at radius 1 is 1.35 bits per heavy atom. The highest BCUT2D eigenvalue weighted by molar-refractivity contribution is 7.09. The van der Waals surface area contributed by atoms with Gasteiger partial charge in [0.25, 0.3) is 5.91 Å². The minimum absolute atomic E-state index is 0.139. The molecular weight excluding hydrogens is 346 g/mol. The van der Waals surface area contributed by atoms with Gasteiger partial charge < -0.3 is 15.3 Å². The van der Waals surface area contributed by atoms with Gasteiger partial charge in [0.05, 0.1) is 0 Å². The van der Waals surface area contributed by atoms with Crippen molar-refractivity contribution in [3.63, 3.8) is 0 Å². The van der Waals surface area contributed by atoms with Gasteiger partial charge in [-0.2, -0.15) is 0 Å². The smallest absolute Gasteiger partial charge is 0.255 e. The molecule has 1 amide bonds. The Labute approximate surface area is 159 Å². The van der Waals surface area contributed by atoms with Crippen molar-refractivity contribution in [2.45, 2.75) is 44.8 Å². The number of carbonyl (C=O) groups excluding carboxylic acids is 1. The molecule has 5 nitrogen and oxygen atoms in total. The van der Waals surface area contributed by atoms with E-state index in [4.69, 9.17) is 0 Å². The molecule has 3 rings (SSSR count). The molecule has 0 bridgehead atoms. The van der Waals surface area contributed by atoms with Crippen molar-refractivity contribution in [3.8, 4) is 0 Å². The number of carbonyl (C=O) groups is 1. The third kappa shape index (κ3) is 4.90. The van der Waals surface area contributed by atoms with Gasteiger partial charge in [-0.05, 0) is 38.2 Å². The zero-order valence-corrected chi connectivity index (χ0v) is 16.1. The first-order valence-electron chi connectivity index (χ1n) is 9.24. The molecule has 1 aliphatic rings. The number of nitrogens with one attached hydrogen (secondary N) is 1. The lowest BCUT2D eigenvalue weighted by molar-refractivity contribution is -0.156. The van der Waals surface area contributed by atoms with Crippen LogP contribution in [0.15, 0.2) is 35.7 Å². The summed E-state index contributed by atoms with van der Waals surface area (Å²) in [5.41, 5.74) is 0.994. The molecule has 1 saturated heterocycles. The molecule has 1 aromatic carbocycles. The predicted octanol–water partition coefficient (Wildman–Crippen LogP) is 2.53. The van der Waals surface area contributed by atoms with Gasteiger partial charge in [0, 0.05) is 37.3 Å². The van der Waals surface area contributed by atoms with Crippen LogP contribution >= 0.6 is 11.3 Å². The zero-order chi connectivity index (χ0) is 18.4. The van der Waals surface area contributed by atoms with E-state index < -0.39 is 5.60 Å². The first-order chi connectivity index (χ1) is 12.6. The molecule has 0 unspecified atom stereocenters. The SMILES string of the molecule is Cc1csc(CNC[C@]2(O)CCCN(CCCc3ccccc3)C2=O)n1. The molecular formula is C20H27N3O2S. The fourth-order valence-corrected chi connectivity index (χ4v) is 4.16. The van der Waals surface area contributed by atoms with Crippen LogP contribution in [-0.2, 0) is 17.8 Å². The molecule has 2 aromatic rings. The second-order valence-corrected chi connectivity index (χ2v) is 7.95. The molecule has 0 radical (unpaired) electrons. The monoisotopic (exact) mass is 373 g/mol. The summed E-state index contributed by atoms with van der Waals surface area (Å²) in [6.45, 7) is 4.26. The highest BCUT2D eigenvalue weighted by Crippen LogP contribution is 2.23. The molecule has 0 aliphatic carbocycles. The van der Waals surface area contributed by atoms with E-state index in [9.17, 15) is 9.90 Å². The average Bonchev–Trinajstić information content (AvgIpc) is 3.05. The van der Waals surface area contributed by atoms with E-state index in [0.717, 1.165) is 36.5 Å². The summed E-state index contributed by atoms with van der Waals surface area (Å²) in [5, 5.41) is 17.0. The van der Waals surface area contributed by atoms with Crippen LogP contribution in [0.2, 0.25) is 0 Å². The maximum Gasteiger partial charge on any atom is 0.255 e. The second kappa shape index (κ2) is 8.75. The van der Waals surface area contributed by atoms with Crippen LogP contribution in [0, 0.1) is 6.92 Å². The van der Waals surface area contributed by atoms with Crippen molar-refractivity contribution in [3.05, 3.63) is 52.0 Å². The third-order valence-corrected chi connectivity index (χ3v) is 5.77. The fourth-order valence-electron chi connectivity index (χ4n) is 3.42. The largest absolute Gasteiger partial charge is 0.379 e. The Morgan fingerprint density at radius 2 is 2.15 bits per heavy atom. The Hall–Kier alpha value is -1.76. The summed E-state index contributed by atoms with van der Waals surface area (Å²) in [4.78, 5) is 19.0. The van der Waals surface area contributed by atoms with Crippen LogP contribution in [0.3, 0.4) is 0 Å². The van der Waals surface area contributed by atoms with E-state index in [2.05, 4.69) is 22.4 Å². The summed E-state index contributed by atoms with van der Waals surface area (Å²) in [5.74, 6) is -0.139. The number of benzene rings is 1. The van der Waals surface area contributed by atoms with Crippen molar-refractivity contribution in [1.29, 1.82) is 0 Å². The van der Waals surface area contributed by atoms with Gasteiger partial charge in [-0.25, -0.2) is 4.98 Å². The van der Waals surface area contributed by atoms with Crippen molar-refractivity contribution >= 4 is 17.2 Å². The van der Waals surface area contributed by atoms with Gasteiger partial charge in [0.2, 0.25) is 0 Å². The van der Waals surface area contributed by atoms with Crippen LogP contribution < -0.4 is 5.32 Å². The van der Waals surface area contributed by atoms with Crippen molar-refractivity contribution in [2.75, 3.05) is 19.6 Å². The van der Waals surface area contributed by atoms with Gasteiger partial charge in [-0.1, -0.05) is 30.3 Å². The second-order valence-electron chi connectivity index (χ2n) is 7.00. The van der Waals surface area contributed by atoms with Crippen molar-refractivity contribution in [2.24, 2.45) is 0 Å². The molecule has 1 atom stereocenters. The summed E-state index contributed by atoms with van der Waals surface area (Å²) in [6.07, 6.45) is 3.22. The minimum atomic E-state index is -1.29. The van der Waals surface area contributed by atoms with E-state index >= 15 is 0 Å². The fraction of sp³-hybridized carbons (Fsp3) is 0.500. The molecule has 0 spiro atoms. The highest BCUT2D eigenvalue weighted by atomic mass is 32.1. The number of aryl methyl sites for hydroxylation is 2. The van der Waals surface area contributed by atoms with Gasteiger partial charge >= 0.3 is 0 Å². The standard InChI is InChI=1S/C20H27N3O2S/c1-16-14-26-18(22-16)13-21-15-20(25)10-6-12-23(19(20)24)11-5-9-17-7-3-2-4-8-17/h2-4,7-8,14,21,25H,5-6,9-13,15H2,1H3/t20-/m1/s1. The molecule has 2 N–H and O–H groups in total. The van der Waals surface area contributed by atoms with Crippen molar-refractivity contribution in [1.82, 2.24) is 15.2 Å². The summed E-state index contributed by atoms with van der Waals surface area (Å²) in [7, 11) is 0. The molecule has 2 heterocycles. The number of hydrogen-bond donors (Lipinski definition) is 2. The van der Waals surface area contributed by atoms with Gasteiger partial charge in [-0.15, -0.1) is 11.3 Å². The van der Waals surface area contributed by atoms with Gasteiger partial charge in [-0.3, -0.25) is 4.79 Å². The van der Waals surface area contributed by atoms with E-state index in [1.807, 2.05) is 35.4 Å². The maximum absolute atomic E-state index is 12.8. The van der Waals surface area contributed by atoms with E-state index in [0.29, 0.717) is 19.5 Å². The average molecular weight is 374 g/mol. The number of nitrogens with zero attached hydrogens (tertiary/aromatic N) is 2. The van der Waals surface area contributed by atoms with Crippen LogP contribution in [0.5, 0.6) is 0 Å². The van der Waals surface area contributed by atoms with E-state index in [1.165, 1.54) is 5.56 Å². The Bertz CT molecular complexity index is 719. The first-order valence-corrected chi connectivity index (χ1v) is 10.1. The first kappa shape index (κ1) is 19.0. The van der Waals surface area contributed by atoms with E-state index in [-0.39, 0.29) is 12.5 Å². The molecule has 140 valence electrons. The van der Waals surface area contributed by atoms with Crippen molar-refractivity contribution < 1.29 is 9.90 Å². The van der Waals surface area contributed by atoms with Gasteiger partial charge in [0.15, 0.2) is 5.60 Å². The normalized spacial score (nSPS) is 20.5. The number of aliphatic hydroxyl groups is 1. The number of hydrogen-bond acceptors (Lipinski definition) is 5. The Kier molecular flexibility index (Phi) is 6.40. The summed E-state index contributed by atoms with van der Waals surface area (Å²) < 4.78 is 0. The van der Waals surface area contributed by atoms with Crippen LogP contribution in [-0.4, -0.2) is 46.1 Å². The number of likely N-dealkylation sites (tertiary alicyclic amines) is 1. The Balaban J connectivity index is 1.47. The summed E-state index contributed by atoms with van der Waals surface area (Å²) in [6, 6.07) is 10.3. The lowest BCUT2D eigenvalue weighted by Gasteiger charge is -2.38. The number of piperidine rings is 1. The molecule has 1 aromatic heterocycles. The van der Waals surface area contributed by atoms with E-state index in [1.54, 1.807) is 11.3 Å². The van der Waals surface area contributed by atoms with Gasteiger partial charge in [0.1, 0.15) is 5.01 Å². The van der Waals surface area contributed by atoms with Crippen LogP contribution in [0.1, 0.15) is 35.5 Å². The minimum Gasteiger partial charge on any atom is -0.379 e. The highest BCUT2D eigenvalue weighted by Gasteiger charge is 2.41. The quantitative estimate of drug-likeness (QED) is 0.746. The zero-order valence-electron chi connectivity index (χ0n) is 15.3. The maximum atomic E-state index is 12.8. The lowest BCUT2D eigenvalue weighted by atomic mass is 9.91. The topological polar surface area (TPSA) is 65.5 Å².